The highest BCUT2D eigenvalue weighted by atomic mass is 32.3. The molecule has 0 radical (unpaired) electrons. The molecule has 0 bridgehead atoms. The molecule has 0 fully saturated rings. The molecule has 49 heavy (non-hydrogen) atoms. The van der Waals surface area contributed by atoms with Gasteiger partial charge in [0.15, 0.2) is 0 Å². The Morgan fingerprint density at radius 2 is 0.510 bits per heavy atom. The second-order valence-corrected chi connectivity index (χ2v) is 16.0. The van der Waals surface area contributed by atoms with Crippen LogP contribution in [0.25, 0.3) is 67.8 Å². The van der Waals surface area contributed by atoms with E-state index in [1.165, 1.54) is 90.1 Å². The van der Waals surface area contributed by atoms with Crippen LogP contribution in [0.15, 0.2) is 146 Å². The van der Waals surface area contributed by atoms with Gasteiger partial charge >= 0.3 is 0 Å². The van der Waals surface area contributed by atoms with Crippen molar-refractivity contribution in [1.29, 1.82) is 0 Å². The number of rotatable bonds is 4. The first-order chi connectivity index (χ1) is 23.9. The van der Waals surface area contributed by atoms with Gasteiger partial charge in [0.1, 0.15) is 10.8 Å². The van der Waals surface area contributed by atoms with Crippen LogP contribution < -0.4 is 0 Å². The van der Waals surface area contributed by atoms with Crippen molar-refractivity contribution in [2.75, 3.05) is 0 Å². The smallest absolute Gasteiger partial charge is 0.103 e. The van der Waals surface area contributed by atoms with Crippen LogP contribution in [0.4, 0.5) is 0 Å². The summed E-state index contributed by atoms with van der Waals surface area (Å²) in [5, 5.41) is 0. The van der Waals surface area contributed by atoms with E-state index in [1.54, 1.807) is 0 Å². The molecule has 238 valence electrons. The Labute approximate surface area is 289 Å². The highest BCUT2D eigenvalue weighted by Gasteiger charge is 2.52. The third-order valence-corrected chi connectivity index (χ3v) is 13.6. The van der Waals surface area contributed by atoms with E-state index >= 15 is 0 Å². The Balaban J connectivity index is 1.41. The lowest BCUT2D eigenvalue weighted by Gasteiger charge is -2.43. The normalized spacial score (nSPS) is 14.1. The van der Waals surface area contributed by atoms with Gasteiger partial charge in [0.25, 0.3) is 0 Å². The van der Waals surface area contributed by atoms with Gasteiger partial charge in [0, 0.05) is 0 Å². The Hall–Kier alpha value is -5.65. The molecule has 1 spiro atoms. The molecule has 0 saturated heterocycles. The highest BCUT2D eigenvalue weighted by molar-refractivity contribution is 8.29. The lowest BCUT2D eigenvalue weighted by atomic mass is 10.1. The molecule has 10 rings (SSSR count). The fourth-order valence-electron chi connectivity index (χ4n) is 8.07. The van der Waals surface area contributed by atoms with E-state index in [4.69, 9.17) is 0 Å². The number of aryl methyl sites for hydroxylation is 4. The summed E-state index contributed by atoms with van der Waals surface area (Å²) in [7, 11) is -2.29. The summed E-state index contributed by atoms with van der Waals surface area (Å²) < 4.78 is 10.8. The van der Waals surface area contributed by atoms with Crippen molar-refractivity contribution in [3.05, 3.63) is 168 Å². The molecule has 5 heteroatoms. The van der Waals surface area contributed by atoms with Crippen molar-refractivity contribution < 1.29 is 0 Å². The van der Waals surface area contributed by atoms with E-state index in [1.807, 2.05) is 0 Å². The largest absolute Gasteiger partial charge is 0.252 e. The maximum Gasteiger partial charge on any atom is 0.103 e. The Bertz CT molecular complexity index is 2260. The van der Waals surface area contributed by atoms with Gasteiger partial charge in [-0.15, -0.1) is 0 Å². The van der Waals surface area contributed by atoms with Crippen molar-refractivity contribution in [3.63, 3.8) is 0 Å². The monoisotopic (exact) mass is 652 g/mol. The molecule has 2 aliphatic rings. The van der Waals surface area contributed by atoms with Gasteiger partial charge in [0.05, 0.1) is 45.6 Å². The van der Waals surface area contributed by atoms with Crippen molar-refractivity contribution in [3.8, 4) is 67.8 Å². The highest BCUT2D eigenvalue weighted by Crippen LogP contribution is 2.72. The molecule has 0 N–H and O–H groups in total. The standard InChI is InChI=1S/C44H36N4S/c1-29-9-5-13-33(25-29)37-17-21-41-42-22-18-38(34-14-6-10-30(2)26-34)46(42)49(45(37)41)47-39(35-15-7-11-31(3)27-35)19-23-43(47)44-24-20-40(48(44)49)36-16-8-12-32(4)28-36/h5-28H,1-4H3. The summed E-state index contributed by atoms with van der Waals surface area (Å²) in [6.07, 6.45) is 0. The molecule has 0 saturated carbocycles. The average Bonchev–Trinajstić information content (AvgIpc) is 3.92. The lowest BCUT2D eigenvalue weighted by Crippen LogP contribution is -2.27. The van der Waals surface area contributed by atoms with Gasteiger partial charge < -0.3 is 0 Å². The number of nitrogens with zero attached hydrogens (tertiary/aromatic N) is 4. The second-order valence-electron chi connectivity index (χ2n) is 13.6. The minimum Gasteiger partial charge on any atom is -0.252 e. The van der Waals surface area contributed by atoms with E-state index in [9.17, 15) is 0 Å². The predicted octanol–water partition coefficient (Wildman–Crippen LogP) is 11.7. The fraction of sp³-hybridized carbons (Fsp3) is 0.0909. The van der Waals surface area contributed by atoms with E-state index in [2.05, 4.69) is 189 Å². The maximum atomic E-state index is 2.69. The van der Waals surface area contributed by atoms with Crippen molar-refractivity contribution >= 4 is 10.8 Å². The van der Waals surface area contributed by atoms with Gasteiger partial charge in [-0.2, -0.15) is 0 Å². The molecule has 4 aromatic heterocycles. The molecule has 6 heterocycles. The summed E-state index contributed by atoms with van der Waals surface area (Å²) in [5.74, 6) is 0. The van der Waals surface area contributed by atoms with Gasteiger partial charge in [-0.3, -0.25) is 15.9 Å². The zero-order chi connectivity index (χ0) is 33.0. The van der Waals surface area contributed by atoms with Crippen molar-refractivity contribution in [2.45, 2.75) is 27.7 Å². The van der Waals surface area contributed by atoms with Gasteiger partial charge in [-0.05, 0) is 123 Å². The zero-order valence-electron chi connectivity index (χ0n) is 28.1. The van der Waals surface area contributed by atoms with Crippen molar-refractivity contribution in [1.82, 2.24) is 15.9 Å². The number of hydrogen-bond donors (Lipinski definition) is 0. The quantitative estimate of drug-likeness (QED) is 0.180. The van der Waals surface area contributed by atoms with Crippen LogP contribution >= 0.6 is 10.8 Å². The van der Waals surface area contributed by atoms with Gasteiger partial charge in [-0.1, -0.05) is 95.1 Å². The molecule has 4 aromatic carbocycles. The van der Waals surface area contributed by atoms with E-state index in [-0.39, 0.29) is 0 Å². The molecule has 8 aromatic rings. The van der Waals surface area contributed by atoms with Crippen molar-refractivity contribution in [2.24, 2.45) is 0 Å². The number of fused-ring (bicyclic) bond motifs is 10. The van der Waals surface area contributed by atoms with Crippen LogP contribution in [-0.2, 0) is 0 Å². The summed E-state index contributed by atoms with van der Waals surface area (Å²) >= 11 is 0. The molecule has 0 atom stereocenters. The Kier molecular flexibility index (Phi) is 5.89. The van der Waals surface area contributed by atoms with E-state index in [0.717, 1.165) is 0 Å². The molecular formula is C44H36N4S. The van der Waals surface area contributed by atoms with Crippen LogP contribution in [0, 0.1) is 27.7 Å². The zero-order valence-corrected chi connectivity index (χ0v) is 28.9. The second kappa shape index (κ2) is 10.2. The summed E-state index contributed by atoms with van der Waals surface area (Å²) in [4.78, 5) is 0. The summed E-state index contributed by atoms with van der Waals surface area (Å²) in [5.41, 5.74) is 19.7. The first-order valence-corrected chi connectivity index (χ1v) is 18.4. The predicted molar refractivity (Wildman–Crippen MR) is 206 cm³/mol. The van der Waals surface area contributed by atoms with E-state index in [0.29, 0.717) is 0 Å². The van der Waals surface area contributed by atoms with Crippen LogP contribution in [-0.4, -0.2) is 15.9 Å². The lowest BCUT2D eigenvalue weighted by molar-refractivity contribution is 1.09. The van der Waals surface area contributed by atoms with Crippen LogP contribution in [0.3, 0.4) is 0 Å². The Morgan fingerprint density at radius 3 is 0.735 bits per heavy atom. The maximum absolute atomic E-state index is 2.69. The molecular weight excluding hydrogens is 617 g/mol. The average molecular weight is 653 g/mol. The molecule has 0 amide bonds. The van der Waals surface area contributed by atoms with Crippen LogP contribution in [0.5, 0.6) is 0 Å². The molecule has 0 aliphatic carbocycles. The number of aromatic nitrogens is 4. The molecule has 2 aliphatic heterocycles. The van der Waals surface area contributed by atoms with Crippen LogP contribution in [0.1, 0.15) is 22.3 Å². The van der Waals surface area contributed by atoms with Crippen LogP contribution in [0.2, 0.25) is 0 Å². The van der Waals surface area contributed by atoms with E-state index < -0.39 is 10.8 Å². The minimum absolute atomic E-state index is 1.22. The fourth-order valence-corrected chi connectivity index (χ4v) is 12.4. The number of benzene rings is 4. The minimum atomic E-state index is -2.29. The molecule has 4 nitrogen and oxygen atoms in total. The SMILES string of the molecule is Cc1cccc(-c2ccc3n2S2(n4c(-c5cccc(C)c5)ccc4-3)n3c(-c4cccc(C)c4)ccc3-c3ccc(-c4cccc(C)c4)n32)c1. The summed E-state index contributed by atoms with van der Waals surface area (Å²) in [6, 6.07) is 54.6. The first kappa shape index (κ1) is 28.4. The third kappa shape index (κ3) is 3.82. The Morgan fingerprint density at radius 1 is 0.286 bits per heavy atom. The summed E-state index contributed by atoms with van der Waals surface area (Å²) in [6.45, 7) is 8.76. The third-order valence-electron chi connectivity index (χ3n) is 10.1. The molecule has 0 unspecified atom stereocenters. The topological polar surface area (TPSA) is 19.7 Å². The first-order valence-electron chi connectivity index (χ1n) is 16.9. The number of hydrogen-bond acceptors (Lipinski definition) is 0. The van der Waals surface area contributed by atoms with Gasteiger partial charge in [0.2, 0.25) is 0 Å². The van der Waals surface area contributed by atoms with Gasteiger partial charge in [-0.25, -0.2) is 0 Å².